The van der Waals surface area contributed by atoms with Crippen LogP contribution in [0.3, 0.4) is 0 Å². The molecular formula is C12H24N4O4. The van der Waals surface area contributed by atoms with Gasteiger partial charge >= 0.3 is 11.9 Å². The van der Waals surface area contributed by atoms with Crippen molar-refractivity contribution in [3.63, 3.8) is 0 Å². The highest BCUT2D eigenvalue weighted by molar-refractivity contribution is 5.73. The molecule has 1 fully saturated rings. The fraction of sp³-hybridized carbons (Fsp3) is 0.833. The van der Waals surface area contributed by atoms with Gasteiger partial charge in [0.2, 0.25) is 0 Å². The third-order valence-corrected chi connectivity index (χ3v) is 3.49. The van der Waals surface area contributed by atoms with E-state index in [1.807, 2.05) is 4.90 Å². The number of rotatable bonds is 8. The van der Waals surface area contributed by atoms with Crippen molar-refractivity contribution in [3.05, 3.63) is 0 Å². The summed E-state index contributed by atoms with van der Waals surface area (Å²) >= 11 is 0. The number of hydrogen-bond donors (Lipinski definition) is 5. The molecule has 2 unspecified atom stereocenters. The van der Waals surface area contributed by atoms with Gasteiger partial charge in [0.05, 0.1) is 6.17 Å². The Labute approximate surface area is 118 Å². The number of carboxylic acid groups (broad SMARTS) is 2. The first-order chi connectivity index (χ1) is 9.41. The fourth-order valence-electron chi connectivity index (χ4n) is 2.60. The van der Waals surface area contributed by atoms with Gasteiger partial charge < -0.3 is 27.0 Å². The molecule has 0 saturated carbocycles. The highest BCUT2D eigenvalue weighted by atomic mass is 16.4. The van der Waals surface area contributed by atoms with E-state index in [2.05, 4.69) is 5.32 Å². The molecule has 0 aromatic heterocycles. The number of nitrogens with two attached hydrogens (primary N) is 2. The van der Waals surface area contributed by atoms with Crippen molar-refractivity contribution in [2.75, 3.05) is 19.6 Å². The minimum atomic E-state index is -0.923. The van der Waals surface area contributed by atoms with Crippen LogP contribution in [-0.4, -0.2) is 64.9 Å². The van der Waals surface area contributed by atoms with Crippen molar-refractivity contribution < 1.29 is 19.8 Å². The number of carboxylic acids is 2. The molecule has 8 nitrogen and oxygen atoms in total. The normalized spacial score (nSPS) is 21.9. The van der Waals surface area contributed by atoms with E-state index < -0.39 is 24.1 Å². The number of carbonyl (C=O) groups is 2. The summed E-state index contributed by atoms with van der Waals surface area (Å²) in [6.45, 7) is 1.95. The van der Waals surface area contributed by atoms with E-state index in [0.29, 0.717) is 38.9 Å². The Morgan fingerprint density at radius 3 is 2.60 bits per heavy atom. The molecule has 20 heavy (non-hydrogen) atoms. The van der Waals surface area contributed by atoms with E-state index in [-0.39, 0.29) is 12.5 Å². The van der Waals surface area contributed by atoms with Gasteiger partial charge in [-0.15, -0.1) is 0 Å². The number of nitrogens with zero attached hydrogens (tertiary/aromatic N) is 1. The van der Waals surface area contributed by atoms with Gasteiger partial charge in [-0.2, -0.15) is 0 Å². The van der Waals surface area contributed by atoms with E-state index in [1.54, 1.807) is 0 Å². The molecule has 7 N–H and O–H groups in total. The Hall–Kier alpha value is -1.22. The monoisotopic (exact) mass is 288 g/mol. The predicted molar refractivity (Wildman–Crippen MR) is 73.1 cm³/mol. The zero-order valence-corrected chi connectivity index (χ0v) is 11.5. The Morgan fingerprint density at radius 2 is 2.05 bits per heavy atom. The van der Waals surface area contributed by atoms with Crippen molar-refractivity contribution in [2.45, 2.75) is 43.9 Å². The smallest absolute Gasteiger partial charge is 0.320 e. The van der Waals surface area contributed by atoms with E-state index >= 15 is 0 Å². The van der Waals surface area contributed by atoms with Gasteiger partial charge in [0.1, 0.15) is 6.04 Å². The van der Waals surface area contributed by atoms with Gasteiger partial charge in [0.25, 0.3) is 0 Å². The lowest BCUT2D eigenvalue weighted by molar-refractivity contribution is -0.146. The quantitative estimate of drug-likeness (QED) is 0.343. The van der Waals surface area contributed by atoms with Crippen LogP contribution in [0.25, 0.3) is 0 Å². The molecule has 0 spiro atoms. The third kappa shape index (κ3) is 5.41. The maximum atomic E-state index is 11.4. The maximum Gasteiger partial charge on any atom is 0.320 e. The second kappa shape index (κ2) is 8.15. The van der Waals surface area contributed by atoms with Crippen LogP contribution in [0.4, 0.5) is 0 Å². The summed E-state index contributed by atoms with van der Waals surface area (Å²) in [6.07, 6.45) is 0.665. The molecule has 1 aliphatic rings. The Bertz CT molecular complexity index is 337. The Kier molecular flexibility index (Phi) is 6.86. The molecule has 8 heteroatoms. The standard InChI is InChI=1S/C12H24N4O4/c13-10(14)6-8-7-15-4-5-16(8)9(12(19)20)2-1-3-11(17)18/h8-10,15H,1-7,13-14H2,(H,17,18)(H,19,20). The fourth-order valence-corrected chi connectivity index (χ4v) is 2.60. The zero-order chi connectivity index (χ0) is 15.1. The van der Waals surface area contributed by atoms with Crippen LogP contribution < -0.4 is 16.8 Å². The highest BCUT2D eigenvalue weighted by Gasteiger charge is 2.33. The molecule has 0 aliphatic carbocycles. The SMILES string of the molecule is NC(N)CC1CNCCN1C(CCCC(=O)O)C(=O)O. The van der Waals surface area contributed by atoms with Crippen molar-refractivity contribution >= 4 is 11.9 Å². The van der Waals surface area contributed by atoms with Crippen LogP contribution in [0, 0.1) is 0 Å². The average Bonchev–Trinajstić information content (AvgIpc) is 2.34. The van der Waals surface area contributed by atoms with Gasteiger partial charge in [0, 0.05) is 32.1 Å². The second-order valence-electron chi connectivity index (χ2n) is 5.14. The summed E-state index contributed by atoms with van der Waals surface area (Å²) in [5.74, 6) is -1.83. The summed E-state index contributed by atoms with van der Waals surface area (Å²) in [7, 11) is 0. The summed E-state index contributed by atoms with van der Waals surface area (Å²) in [4.78, 5) is 23.8. The Morgan fingerprint density at radius 1 is 1.35 bits per heavy atom. The Balaban J connectivity index is 2.65. The largest absolute Gasteiger partial charge is 0.481 e. The van der Waals surface area contributed by atoms with Crippen LogP contribution in [0.1, 0.15) is 25.7 Å². The number of aliphatic carboxylic acids is 2. The summed E-state index contributed by atoms with van der Waals surface area (Å²) in [5.41, 5.74) is 11.2. The van der Waals surface area contributed by atoms with E-state index in [1.165, 1.54) is 0 Å². The van der Waals surface area contributed by atoms with Crippen LogP contribution in [-0.2, 0) is 9.59 Å². The molecule has 1 heterocycles. The second-order valence-corrected chi connectivity index (χ2v) is 5.14. The maximum absolute atomic E-state index is 11.4. The lowest BCUT2D eigenvalue weighted by atomic mass is 10.0. The molecule has 0 bridgehead atoms. The van der Waals surface area contributed by atoms with Crippen LogP contribution in [0.5, 0.6) is 0 Å². The molecule has 1 saturated heterocycles. The zero-order valence-electron chi connectivity index (χ0n) is 11.5. The minimum absolute atomic E-state index is 0.0169. The topological polar surface area (TPSA) is 142 Å². The first-order valence-electron chi connectivity index (χ1n) is 6.84. The van der Waals surface area contributed by atoms with Gasteiger partial charge in [-0.05, 0) is 19.3 Å². The lowest BCUT2D eigenvalue weighted by Crippen LogP contribution is -2.59. The van der Waals surface area contributed by atoms with Crippen molar-refractivity contribution in [1.29, 1.82) is 0 Å². The van der Waals surface area contributed by atoms with E-state index in [9.17, 15) is 14.7 Å². The number of hydrogen-bond acceptors (Lipinski definition) is 6. The van der Waals surface area contributed by atoms with Crippen molar-refractivity contribution in [3.8, 4) is 0 Å². The molecule has 0 radical (unpaired) electrons. The molecule has 0 amide bonds. The summed E-state index contributed by atoms with van der Waals surface area (Å²) < 4.78 is 0. The molecule has 1 aliphatic heterocycles. The molecular weight excluding hydrogens is 264 g/mol. The van der Waals surface area contributed by atoms with Crippen LogP contribution in [0.2, 0.25) is 0 Å². The summed E-state index contributed by atoms with van der Waals surface area (Å²) in [5, 5.41) is 21.2. The molecule has 0 aromatic carbocycles. The molecule has 1 rings (SSSR count). The van der Waals surface area contributed by atoms with Crippen LogP contribution in [0.15, 0.2) is 0 Å². The number of piperazine rings is 1. The minimum Gasteiger partial charge on any atom is -0.481 e. The van der Waals surface area contributed by atoms with Crippen molar-refractivity contribution in [1.82, 2.24) is 10.2 Å². The highest BCUT2D eigenvalue weighted by Crippen LogP contribution is 2.17. The first-order valence-corrected chi connectivity index (χ1v) is 6.84. The van der Waals surface area contributed by atoms with E-state index in [0.717, 1.165) is 0 Å². The first kappa shape index (κ1) is 16.8. The van der Waals surface area contributed by atoms with E-state index in [4.69, 9.17) is 16.6 Å². The van der Waals surface area contributed by atoms with Gasteiger partial charge in [-0.3, -0.25) is 14.5 Å². The number of nitrogens with one attached hydrogen (secondary N) is 1. The van der Waals surface area contributed by atoms with Gasteiger partial charge in [-0.25, -0.2) is 0 Å². The lowest BCUT2D eigenvalue weighted by Gasteiger charge is -2.40. The van der Waals surface area contributed by atoms with Crippen LogP contribution >= 0.6 is 0 Å². The molecule has 116 valence electrons. The predicted octanol–water partition coefficient (Wildman–Crippen LogP) is -1.40. The summed E-state index contributed by atoms with van der Waals surface area (Å²) in [6, 6.07) is -0.713. The van der Waals surface area contributed by atoms with Crippen molar-refractivity contribution in [2.24, 2.45) is 11.5 Å². The molecule has 0 aromatic rings. The molecule has 2 atom stereocenters. The van der Waals surface area contributed by atoms with Gasteiger partial charge in [-0.1, -0.05) is 0 Å². The third-order valence-electron chi connectivity index (χ3n) is 3.49. The van der Waals surface area contributed by atoms with Gasteiger partial charge in [0.15, 0.2) is 0 Å². The average molecular weight is 288 g/mol.